The molecular formula is C52H40. The van der Waals surface area contributed by atoms with E-state index in [1.54, 1.807) is 11.1 Å². The van der Waals surface area contributed by atoms with Gasteiger partial charge in [0.2, 0.25) is 0 Å². The fourth-order valence-corrected chi connectivity index (χ4v) is 12.3. The summed E-state index contributed by atoms with van der Waals surface area (Å²) in [6, 6.07) is 60.0. The molecule has 0 saturated heterocycles. The van der Waals surface area contributed by atoms with Crippen LogP contribution < -0.4 is 0 Å². The van der Waals surface area contributed by atoms with Crippen molar-refractivity contribution >= 4 is 32.3 Å². The molecule has 0 N–H and O–H groups in total. The average Bonchev–Trinajstić information content (AvgIpc) is 3.49. The Kier molecular flexibility index (Phi) is 6.04. The van der Waals surface area contributed by atoms with Crippen molar-refractivity contribution in [1.82, 2.24) is 0 Å². The SMILES string of the molecule is c1ccc(-c2ccc(-c3c4ccccc4c(-c4ccc5c(c4)-c4c(ccc6ccccc46)C54C5CC6CC(C5)CC4C6)c4ccccc34)cc2)cc1. The molecule has 5 aliphatic rings. The highest BCUT2D eigenvalue weighted by Crippen LogP contribution is 2.70. The fourth-order valence-electron chi connectivity index (χ4n) is 12.3. The van der Waals surface area contributed by atoms with Crippen LogP contribution in [0.25, 0.3) is 76.8 Å². The van der Waals surface area contributed by atoms with Crippen molar-refractivity contribution in [2.45, 2.75) is 37.5 Å². The van der Waals surface area contributed by atoms with E-state index in [2.05, 4.69) is 158 Å². The quantitative estimate of drug-likeness (QED) is 0.165. The first-order valence-corrected chi connectivity index (χ1v) is 19.5. The lowest BCUT2D eigenvalue weighted by atomic mass is 9.43. The van der Waals surface area contributed by atoms with E-state index in [1.165, 1.54) is 109 Å². The topological polar surface area (TPSA) is 0 Å². The standard InChI is InChI=1S/C52H40/c1-2-10-34(11-3-1)35-18-20-37(21-19-35)49-42-14-6-8-16-44(42)50(45-17-9-7-15-43(45)49)38-23-24-47-46(31-38)51-41-13-5-4-12-36(41)22-25-48(51)52(47)39-27-32-26-33(29-39)30-40(52)28-32/h1-25,31-33,39-40H,26-30H2. The summed E-state index contributed by atoms with van der Waals surface area (Å²) in [5.74, 6) is 3.38. The minimum atomic E-state index is 0.153. The van der Waals surface area contributed by atoms with E-state index < -0.39 is 0 Å². The minimum absolute atomic E-state index is 0.153. The first-order valence-electron chi connectivity index (χ1n) is 19.5. The molecule has 8 aromatic carbocycles. The van der Waals surface area contributed by atoms with Crippen molar-refractivity contribution < 1.29 is 0 Å². The van der Waals surface area contributed by atoms with Gasteiger partial charge in [0.25, 0.3) is 0 Å². The van der Waals surface area contributed by atoms with E-state index in [1.807, 2.05) is 0 Å². The Labute approximate surface area is 305 Å². The zero-order valence-electron chi connectivity index (χ0n) is 29.4. The van der Waals surface area contributed by atoms with Crippen LogP contribution in [0.4, 0.5) is 0 Å². The van der Waals surface area contributed by atoms with Gasteiger partial charge in [0, 0.05) is 5.41 Å². The summed E-state index contributed by atoms with van der Waals surface area (Å²) in [6.45, 7) is 0. The van der Waals surface area contributed by atoms with E-state index in [9.17, 15) is 0 Å². The molecule has 0 heteroatoms. The minimum Gasteiger partial charge on any atom is -0.0622 e. The number of rotatable bonds is 3. The van der Waals surface area contributed by atoms with Crippen LogP contribution in [0.5, 0.6) is 0 Å². The third-order valence-electron chi connectivity index (χ3n) is 14.0. The van der Waals surface area contributed by atoms with Gasteiger partial charge in [-0.2, -0.15) is 0 Å². The Hall–Kier alpha value is -5.46. The molecule has 0 aromatic heterocycles. The number of fused-ring (bicyclic) bond motifs is 7. The molecule has 0 amide bonds. The van der Waals surface area contributed by atoms with Gasteiger partial charge in [-0.1, -0.05) is 152 Å². The van der Waals surface area contributed by atoms with Crippen molar-refractivity contribution in [2.24, 2.45) is 23.7 Å². The third-order valence-corrected chi connectivity index (χ3v) is 14.0. The number of hydrogen-bond donors (Lipinski definition) is 0. The monoisotopic (exact) mass is 664 g/mol. The second-order valence-corrected chi connectivity index (χ2v) is 16.4. The van der Waals surface area contributed by atoms with Crippen molar-refractivity contribution in [1.29, 1.82) is 0 Å². The molecule has 0 atom stereocenters. The normalized spacial score (nSPS) is 23.8. The molecule has 13 rings (SSSR count). The molecule has 0 nitrogen and oxygen atoms in total. The molecule has 1 spiro atoms. The molecule has 4 saturated carbocycles. The van der Waals surface area contributed by atoms with Crippen LogP contribution in [0.2, 0.25) is 0 Å². The van der Waals surface area contributed by atoms with E-state index in [0.29, 0.717) is 0 Å². The van der Waals surface area contributed by atoms with Crippen LogP contribution in [-0.2, 0) is 5.41 Å². The van der Waals surface area contributed by atoms with E-state index >= 15 is 0 Å². The van der Waals surface area contributed by atoms with Crippen LogP contribution in [0.15, 0.2) is 158 Å². The maximum Gasteiger partial charge on any atom is 0.0272 e. The Morgan fingerprint density at radius 2 is 0.827 bits per heavy atom. The van der Waals surface area contributed by atoms with Crippen LogP contribution in [0.1, 0.15) is 43.2 Å². The summed E-state index contributed by atoms with van der Waals surface area (Å²) >= 11 is 0. The van der Waals surface area contributed by atoms with Gasteiger partial charge in [-0.25, -0.2) is 0 Å². The van der Waals surface area contributed by atoms with E-state index in [4.69, 9.17) is 0 Å². The Morgan fingerprint density at radius 1 is 0.346 bits per heavy atom. The molecule has 52 heavy (non-hydrogen) atoms. The van der Waals surface area contributed by atoms with E-state index in [-0.39, 0.29) is 5.41 Å². The second-order valence-electron chi connectivity index (χ2n) is 16.4. The number of benzene rings is 8. The first-order chi connectivity index (χ1) is 25.8. The van der Waals surface area contributed by atoms with Crippen LogP contribution in [0, 0.1) is 23.7 Å². The zero-order chi connectivity index (χ0) is 34.0. The predicted octanol–water partition coefficient (Wildman–Crippen LogP) is 13.9. The highest BCUT2D eigenvalue weighted by molar-refractivity contribution is 6.21. The van der Waals surface area contributed by atoms with Gasteiger partial charge in [-0.05, 0) is 150 Å². The van der Waals surface area contributed by atoms with E-state index in [0.717, 1.165) is 23.7 Å². The van der Waals surface area contributed by atoms with Gasteiger partial charge in [0.15, 0.2) is 0 Å². The Morgan fingerprint density at radius 3 is 1.46 bits per heavy atom. The molecule has 8 aromatic rings. The summed E-state index contributed by atoms with van der Waals surface area (Å²) in [5.41, 5.74) is 14.2. The lowest BCUT2D eigenvalue weighted by Gasteiger charge is -2.61. The van der Waals surface area contributed by atoms with Gasteiger partial charge in [0.1, 0.15) is 0 Å². The summed E-state index contributed by atoms with van der Waals surface area (Å²) < 4.78 is 0. The Balaban J connectivity index is 1.10. The van der Waals surface area contributed by atoms with Crippen molar-refractivity contribution in [3.05, 3.63) is 169 Å². The molecule has 4 fully saturated rings. The smallest absolute Gasteiger partial charge is 0.0272 e. The van der Waals surface area contributed by atoms with Crippen LogP contribution in [-0.4, -0.2) is 0 Å². The van der Waals surface area contributed by atoms with Crippen molar-refractivity contribution in [3.63, 3.8) is 0 Å². The second kappa shape index (κ2) is 10.8. The maximum atomic E-state index is 2.61. The van der Waals surface area contributed by atoms with Crippen molar-refractivity contribution in [3.8, 4) is 44.5 Å². The number of hydrogen-bond acceptors (Lipinski definition) is 0. The lowest BCUT2D eigenvalue weighted by molar-refractivity contribution is -0.0399. The largest absolute Gasteiger partial charge is 0.0622 e. The van der Waals surface area contributed by atoms with Crippen LogP contribution in [0.3, 0.4) is 0 Å². The highest BCUT2D eigenvalue weighted by Gasteiger charge is 2.61. The fraction of sp³-hybridized carbons (Fsp3) is 0.192. The van der Waals surface area contributed by atoms with Gasteiger partial charge in [-0.3, -0.25) is 0 Å². The Bertz CT molecular complexity index is 2650. The average molecular weight is 665 g/mol. The maximum absolute atomic E-state index is 2.61. The van der Waals surface area contributed by atoms with Crippen LogP contribution >= 0.6 is 0 Å². The molecular weight excluding hydrogens is 625 g/mol. The predicted molar refractivity (Wildman–Crippen MR) is 219 cm³/mol. The molecule has 248 valence electrons. The third kappa shape index (κ3) is 3.88. The van der Waals surface area contributed by atoms with Crippen molar-refractivity contribution in [2.75, 3.05) is 0 Å². The summed E-state index contributed by atoms with van der Waals surface area (Å²) in [4.78, 5) is 0. The highest BCUT2D eigenvalue weighted by atomic mass is 14.6. The summed E-state index contributed by atoms with van der Waals surface area (Å²) in [5, 5.41) is 8.05. The molecule has 0 aliphatic heterocycles. The lowest BCUT2D eigenvalue weighted by Crippen LogP contribution is -2.55. The van der Waals surface area contributed by atoms with Gasteiger partial charge < -0.3 is 0 Å². The molecule has 0 unspecified atom stereocenters. The van der Waals surface area contributed by atoms with Gasteiger partial charge >= 0.3 is 0 Å². The molecule has 0 radical (unpaired) electrons. The molecule has 0 heterocycles. The molecule has 5 aliphatic carbocycles. The summed E-state index contributed by atoms with van der Waals surface area (Å²) in [7, 11) is 0. The van der Waals surface area contributed by atoms with Gasteiger partial charge in [0.05, 0.1) is 0 Å². The van der Waals surface area contributed by atoms with Gasteiger partial charge in [-0.15, -0.1) is 0 Å². The summed E-state index contributed by atoms with van der Waals surface area (Å²) in [6.07, 6.45) is 7.10. The molecule has 4 bridgehead atoms. The zero-order valence-corrected chi connectivity index (χ0v) is 29.4. The first kappa shape index (κ1) is 29.2.